The Bertz CT molecular complexity index is 1140. The molecule has 2 aromatic heterocycles. The van der Waals surface area contributed by atoms with Crippen LogP contribution in [-0.2, 0) is 4.79 Å². The van der Waals surface area contributed by atoms with Gasteiger partial charge in [0, 0.05) is 11.5 Å². The van der Waals surface area contributed by atoms with Gasteiger partial charge in [0.2, 0.25) is 0 Å². The zero-order valence-corrected chi connectivity index (χ0v) is 15.6. The number of H-pyrrole nitrogens is 1. The number of aldehydes is 1. The molecule has 4 rings (SSSR count). The SMILES string of the molecule is CC.O=CCNc1nnc(-c2c(-c3ccc(F)cc3)[nH]c3c(F)cc(F)cc23)o1. The topological polar surface area (TPSA) is 83.8 Å². The maximum absolute atomic E-state index is 14.3. The van der Waals surface area contributed by atoms with E-state index in [9.17, 15) is 18.0 Å². The van der Waals surface area contributed by atoms with Gasteiger partial charge in [0.05, 0.1) is 23.3 Å². The molecule has 2 aromatic carbocycles. The molecule has 0 radical (unpaired) electrons. The van der Waals surface area contributed by atoms with E-state index in [1.54, 1.807) is 0 Å². The van der Waals surface area contributed by atoms with Crippen LogP contribution in [0.5, 0.6) is 0 Å². The Morgan fingerprint density at radius 3 is 2.48 bits per heavy atom. The Morgan fingerprint density at radius 2 is 1.79 bits per heavy atom. The fourth-order valence-corrected chi connectivity index (χ4v) is 2.80. The Hall–Kier alpha value is -3.62. The largest absolute Gasteiger partial charge is 0.403 e. The molecule has 4 aromatic rings. The van der Waals surface area contributed by atoms with Gasteiger partial charge in [-0.2, -0.15) is 0 Å². The first kappa shape index (κ1) is 20.1. The summed E-state index contributed by atoms with van der Waals surface area (Å²) in [7, 11) is 0. The number of hydrogen-bond donors (Lipinski definition) is 2. The minimum atomic E-state index is -0.793. The quantitative estimate of drug-likeness (QED) is 0.462. The molecule has 0 spiro atoms. The van der Waals surface area contributed by atoms with Crippen molar-refractivity contribution in [1.82, 2.24) is 15.2 Å². The third kappa shape index (κ3) is 3.98. The summed E-state index contributed by atoms with van der Waals surface area (Å²) < 4.78 is 46.8. The number of nitrogens with zero attached hydrogens (tertiary/aromatic N) is 2. The second-order valence-corrected chi connectivity index (χ2v) is 5.65. The third-order valence-electron chi connectivity index (χ3n) is 3.93. The van der Waals surface area contributed by atoms with E-state index in [4.69, 9.17) is 4.42 Å². The van der Waals surface area contributed by atoms with Gasteiger partial charge in [-0.25, -0.2) is 13.2 Å². The van der Waals surface area contributed by atoms with E-state index in [0.717, 1.165) is 12.1 Å². The molecule has 0 aliphatic carbocycles. The molecule has 0 atom stereocenters. The predicted molar refractivity (Wildman–Crippen MR) is 103 cm³/mol. The highest BCUT2D eigenvalue weighted by Gasteiger charge is 2.22. The fourth-order valence-electron chi connectivity index (χ4n) is 2.80. The average molecular weight is 402 g/mol. The van der Waals surface area contributed by atoms with Gasteiger partial charge in [0.25, 0.3) is 5.89 Å². The number of rotatable bonds is 5. The van der Waals surface area contributed by atoms with Crippen LogP contribution in [0.25, 0.3) is 33.6 Å². The molecule has 0 saturated carbocycles. The van der Waals surface area contributed by atoms with Crippen molar-refractivity contribution >= 4 is 23.2 Å². The molecular weight excluding hydrogens is 385 g/mol. The number of halogens is 3. The lowest BCUT2D eigenvalue weighted by Gasteiger charge is -2.02. The summed E-state index contributed by atoms with van der Waals surface area (Å²) in [5, 5.41) is 10.4. The predicted octanol–water partition coefficient (Wildman–Crippen LogP) is 4.94. The first-order valence-corrected chi connectivity index (χ1v) is 8.85. The van der Waals surface area contributed by atoms with Gasteiger partial charge in [-0.05, 0) is 35.9 Å². The number of aromatic amines is 1. The van der Waals surface area contributed by atoms with E-state index in [-0.39, 0.29) is 34.9 Å². The molecule has 0 fully saturated rings. The van der Waals surface area contributed by atoms with E-state index in [0.29, 0.717) is 17.5 Å². The Morgan fingerprint density at radius 1 is 1.07 bits per heavy atom. The maximum atomic E-state index is 14.3. The summed E-state index contributed by atoms with van der Waals surface area (Å²) in [6, 6.07) is 7.33. The standard InChI is InChI=1S/C18H11F3N4O2.C2H6/c19-10-3-1-9(2-4-10)15-14(17-24-25-18(27-17)22-5-6-26)12-7-11(20)8-13(21)16(12)23-15;1-2/h1-4,6-8,23H,5H2,(H,22,25);1-2H3. The van der Waals surface area contributed by atoms with E-state index < -0.39 is 17.5 Å². The molecule has 0 unspecified atom stereocenters. The minimum absolute atomic E-state index is 0.0148. The lowest BCUT2D eigenvalue weighted by Crippen LogP contribution is -2.01. The summed E-state index contributed by atoms with van der Waals surface area (Å²) in [6.45, 7) is 3.96. The molecule has 0 aliphatic heterocycles. The molecule has 0 aliphatic rings. The molecule has 2 N–H and O–H groups in total. The van der Waals surface area contributed by atoms with Crippen molar-refractivity contribution in [3.05, 3.63) is 53.8 Å². The van der Waals surface area contributed by atoms with E-state index in [1.165, 1.54) is 24.3 Å². The van der Waals surface area contributed by atoms with Crippen LogP contribution in [0, 0.1) is 17.5 Å². The molecule has 6 nitrogen and oxygen atoms in total. The van der Waals surface area contributed by atoms with Crippen LogP contribution in [0.2, 0.25) is 0 Å². The maximum Gasteiger partial charge on any atom is 0.316 e. The van der Waals surface area contributed by atoms with Crippen molar-refractivity contribution in [3.63, 3.8) is 0 Å². The van der Waals surface area contributed by atoms with Crippen LogP contribution in [0.1, 0.15) is 13.8 Å². The van der Waals surface area contributed by atoms with Gasteiger partial charge < -0.3 is 19.5 Å². The van der Waals surface area contributed by atoms with Crippen molar-refractivity contribution in [2.45, 2.75) is 13.8 Å². The summed E-state index contributed by atoms with van der Waals surface area (Å²) in [4.78, 5) is 13.3. The van der Waals surface area contributed by atoms with Crippen LogP contribution in [0.3, 0.4) is 0 Å². The van der Waals surface area contributed by atoms with Crippen LogP contribution in [0.15, 0.2) is 40.8 Å². The highest BCUT2D eigenvalue weighted by atomic mass is 19.1. The Balaban J connectivity index is 0.00000117. The van der Waals surface area contributed by atoms with Crippen molar-refractivity contribution in [1.29, 1.82) is 0 Å². The van der Waals surface area contributed by atoms with E-state index in [2.05, 4.69) is 20.5 Å². The number of hydrogen-bond acceptors (Lipinski definition) is 5. The summed E-state index contributed by atoms with van der Waals surface area (Å²) in [6.07, 6.45) is 0.615. The number of carbonyl (C=O) groups is 1. The molecule has 2 heterocycles. The molecule has 29 heavy (non-hydrogen) atoms. The zero-order valence-electron chi connectivity index (χ0n) is 15.6. The van der Waals surface area contributed by atoms with Crippen LogP contribution >= 0.6 is 0 Å². The fraction of sp³-hybridized carbons (Fsp3) is 0.150. The van der Waals surface area contributed by atoms with Gasteiger partial charge in [-0.3, -0.25) is 0 Å². The van der Waals surface area contributed by atoms with Gasteiger partial charge in [0.15, 0.2) is 0 Å². The number of anilines is 1. The van der Waals surface area contributed by atoms with Crippen LogP contribution in [0.4, 0.5) is 19.2 Å². The molecular formula is C20H17F3N4O2. The lowest BCUT2D eigenvalue weighted by molar-refractivity contribution is -0.106. The van der Waals surface area contributed by atoms with Gasteiger partial charge in [-0.1, -0.05) is 18.9 Å². The molecule has 9 heteroatoms. The van der Waals surface area contributed by atoms with Crippen molar-refractivity contribution in [2.24, 2.45) is 0 Å². The summed E-state index contributed by atoms with van der Waals surface area (Å²) in [5.74, 6) is -2.02. The van der Waals surface area contributed by atoms with E-state index >= 15 is 0 Å². The van der Waals surface area contributed by atoms with Crippen molar-refractivity contribution < 1.29 is 22.4 Å². The number of nitrogens with one attached hydrogen (secondary N) is 2. The molecule has 150 valence electrons. The van der Waals surface area contributed by atoms with E-state index in [1.807, 2.05) is 13.8 Å². The van der Waals surface area contributed by atoms with Crippen LogP contribution in [-0.4, -0.2) is 28.0 Å². The number of benzene rings is 2. The molecule has 0 amide bonds. The third-order valence-corrected chi connectivity index (χ3v) is 3.93. The van der Waals surface area contributed by atoms with Crippen molar-refractivity contribution in [2.75, 3.05) is 11.9 Å². The highest BCUT2D eigenvalue weighted by Crippen LogP contribution is 2.39. The van der Waals surface area contributed by atoms with Gasteiger partial charge >= 0.3 is 6.01 Å². The Kier molecular flexibility index (Phi) is 5.96. The average Bonchev–Trinajstić information content (AvgIpc) is 3.33. The molecule has 0 bridgehead atoms. The normalized spacial score (nSPS) is 10.5. The van der Waals surface area contributed by atoms with Gasteiger partial charge in [-0.15, -0.1) is 5.10 Å². The Labute approximate surface area is 163 Å². The molecule has 0 saturated heterocycles. The number of aromatic nitrogens is 3. The first-order chi connectivity index (χ1) is 14.1. The minimum Gasteiger partial charge on any atom is -0.403 e. The van der Waals surface area contributed by atoms with Crippen molar-refractivity contribution in [3.8, 4) is 22.7 Å². The smallest absolute Gasteiger partial charge is 0.316 e. The lowest BCUT2D eigenvalue weighted by atomic mass is 10.0. The van der Waals surface area contributed by atoms with Crippen LogP contribution < -0.4 is 5.32 Å². The highest BCUT2D eigenvalue weighted by molar-refractivity contribution is 6.02. The number of fused-ring (bicyclic) bond motifs is 1. The van der Waals surface area contributed by atoms with Gasteiger partial charge in [0.1, 0.15) is 23.7 Å². The summed E-state index contributed by atoms with van der Waals surface area (Å²) >= 11 is 0. The second-order valence-electron chi connectivity index (χ2n) is 5.65. The second kappa shape index (κ2) is 8.59. The zero-order chi connectivity index (χ0) is 21.0. The first-order valence-electron chi connectivity index (χ1n) is 8.85. The monoisotopic (exact) mass is 402 g/mol. The number of carbonyl (C=O) groups excluding carboxylic acids is 1. The summed E-state index contributed by atoms with van der Waals surface area (Å²) in [5.41, 5.74) is 1.19.